The minimum Gasteiger partial charge on any atom is -0.303 e. The first-order chi connectivity index (χ1) is 7.81. The largest absolute Gasteiger partial charge is 0.303 e. The molecule has 86 valence electrons. The Bertz CT molecular complexity index is 350. The molecule has 0 N–H and O–H groups in total. The Kier molecular flexibility index (Phi) is 3.76. The number of aryl methyl sites for hydroxylation is 1. The molecule has 1 heteroatoms. The van der Waals surface area contributed by atoms with Gasteiger partial charge in [-0.1, -0.05) is 42.7 Å². The fraction of sp³-hybridized carbons (Fsp3) is 0.533. The molecule has 0 radical (unpaired) electrons. The molecule has 1 unspecified atom stereocenters. The smallest absolute Gasteiger partial charge is 0.120 e. The van der Waals surface area contributed by atoms with Gasteiger partial charge in [-0.15, -0.1) is 0 Å². The third kappa shape index (κ3) is 2.52. The number of rotatable bonds is 4. The quantitative estimate of drug-likeness (QED) is 0.698. The molecule has 0 amide bonds. The van der Waals surface area contributed by atoms with E-state index in [2.05, 4.69) is 31.2 Å². The van der Waals surface area contributed by atoms with Gasteiger partial charge in [0.05, 0.1) is 0 Å². The summed E-state index contributed by atoms with van der Waals surface area (Å²) in [5, 5.41) is 0. The number of hydrogen-bond donors (Lipinski definition) is 0. The van der Waals surface area contributed by atoms with E-state index in [-0.39, 0.29) is 0 Å². The number of carbonyl (C=O) groups is 1. The van der Waals surface area contributed by atoms with E-state index in [9.17, 15) is 4.79 Å². The van der Waals surface area contributed by atoms with Crippen LogP contribution in [0.5, 0.6) is 0 Å². The second kappa shape index (κ2) is 5.29. The van der Waals surface area contributed by atoms with Gasteiger partial charge in [-0.25, -0.2) is 0 Å². The molecule has 0 spiro atoms. The molecule has 1 aromatic carbocycles. The molecule has 1 aromatic rings. The van der Waals surface area contributed by atoms with Crippen molar-refractivity contribution in [2.75, 3.05) is 0 Å². The minimum atomic E-state index is 0.458. The lowest BCUT2D eigenvalue weighted by Gasteiger charge is -2.22. The van der Waals surface area contributed by atoms with Crippen molar-refractivity contribution in [3.05, 3.63) is 35.4 Å². The van der Waals surface area contributed by atoms with Crippen LogP contribution in [0.2, 0.25) is 0 Å². The number of benzene rings is 1. The average Bonchev–Trinajstić information content (AvgIpc) is 2.79. The van der Waals surface area contributed by atoms with Gasteiger partial charge in [0.15, 0.2) is 0 Å². The fourth-order valence-corrected chi connectivity index (χ4v) is 2.96. The lowest BCUT2D eigenvalue weighted by atomic mass is 9.82. The van der Waals surface area contributed by atoms with Crippen LogP contribution in [-0.2, 0) is 4.79 Å². The molecule has 1 saturated carbocycles. The van der Waals surface area contributed by atoms with Crippen LogP contribution in [0.1, 0.15) is 49.1 Å². The predicted octanol–water partition coefficient (Wildman–Crippen LogP) is 3.86. The molecule has 1 nitrogen and oxygen atoms in total. The van der Waals surface area contributed by atoms with Crippen LogP contribution < -0.4 is 0 Å². The van der Waals surface area contributed by atoms with Crippen LogP contribution in [0.15, 0.2) is 24.3 Å². The number of carbonyl (C=O) groups excluding carboxylic acids is 1. The highest BCUT2D eigenvalue weighted by atomic mass is 16.1. The second-order valence-corrected chi connectivity index (χ2v) is 4.97. The van der Waals surface area contributed by atoms with Gasteiger partial charge < -0.3 is 4.79 Å². The molecule has 0 bridgehead atoms. The lowest BCUT2D eigenvalue weighted by Crippen LogP contribution is -2.10. The van der Waals surface area contributed by atoms with Gasteiger partial charge in [0.25, 0.3) is 0 Å². The highest BCUT2D eigenvalue weighted by Crippen LogP contribution is 2.38. The molecular formula is C15H20O. The summed E-state index contributed by atoms with van der Waals surface area (Å²) in [7, 11) is 0. The van der Waals surface area contributed by atoms with Crippen molar-refractivity contribution in [2.45, 2.75) is 44.9 Å². The van der Waals surface area contributed by atoms with Gasteiger partial charge in [-0.2, -0.15) is 0 Å². The zero-order valence-corrected chi connectivity index (χ0v) is 9.99. The maximum absolute atomic E-state index is 10.8. The Morgan fingerprint density at radius 3 is 2.75 bits per heavy atom. The monoisotopic (exact) mass is 216 g/mol. The van der Waals surface area contributed by atoms with Crippen molar-refractivity contribution < 1.29 is 4.79 Å². The predicted molar refractivity (Wildman–Crippen MR) is 66.6 cm³/mol. The SMILES string of the molecule is Cc1cccc(C(CC=O)C2CCCC2)c1. The van der Waals surface area contributed by atoms with E-state index in [1.807, 2.05) is 0 Å². The van der Waals surface area contributed by atoms with E-state index in [1.165, 1.54) is 36.8 Å². The third-order valence-corrected chi connectivity index (χ3v) is 3.79. The molecule has 1 atom stereocenters. The number of hydrogen-bond acceptors (Lipinski definition) is 1. The Hall–Kier alpha value is -1.11. The van der Waals surface area contributed by atoms with E-state index in [0.29, 0.717) is 12.3 Å². The van der Waals surface area contributed by atoms with E-state index in [4.69, 9.17) is 0 Å². The first kappa shape index (κ1) is 11.4. The van der Waals surface area contributed by atoms with Gasteiger partial charge in [0, 0.05) is 6.42 Å². The van der Waals surface area contributed by atoms with Crippen LogP contribution in [0, 0.1) is 12.8 Å². The highest BCUT2D eigenvalue weighted by Gasteiger charge is 2.25. The maximum Gasteiger partial charge on any atom is 0.120 e. The fourth-order valence-electron chi connectivity index (χ4n) is 2.96. The Balaban J connectivity index is 2.20. The van der Waals surface area contributed by atoms with E-state index in [1.54, 1.807) is 0 Å². The molecular weight excluding hydrogens is 196 g/mol. The summed E-state index contributed by atoms with van der Waals surface area (Å²) in [6.07, 6.45) is 7.05. The van der Waals surface area contributed by atoms with Crippen molar-refractivity contribution in [3.63, 3.8) is 0 Å². The van der Waals surface area contributed by atoms with Crippen molar-refractivity contribution in [1.29, 1.82) is 0 Å². The van der Waals surface area contributed by atoms with Crippen molar-refractivity contribution in [2.24, 2.45) is 5.92 Å². The topological polar surface area (TPSA) is 17.1 Å². The Morgan fingerprint density at radius 2 is 2.12 bits per heavy atom. The van der Waals surface area contributed by atoms with Crippen molar-refractivity contribution in [1.82, 2.24) is 0 Å². The van der Waals surface area contributed by atoms with E-state index in [0.717, 1.165) is 12.2 Å². The van der Waals surface area contributed by atoms with Gasteiger partial charge in [-0.3, -0.25) is 0 Å². The number of aldehydes is 1. The Morgan fingerprint density at radius 1 is 1.38 bits per heavy atom. The van der Waals surface area contributed by atoms with Gasteiger partial charge in [-0.05, 0) is 37.2 Å². The zero-order chi connectivity index (χ0) is 11.4. The van der Waals surface area contributed by atoms with Crippen molar-refractivity contribution in [3.8, 4) is 0 Å². The summed E-state index contributed by atoms with van der Waals surface area (Å²) in [5.41, 5.74) is 2.66. The molecule has 0 aromatic heterocycles. The molecule has 1 fully saturated rings. The summed E-state index contributed by atoms with van der Waals surface area (Å²) in [5.74, 6) is 1.19. The summed E-state index contributed by atoms with van der Waals surface area (Å²) in [6.45, 7) is 2.12. The summed E-state index contributed by atoms with van der Waals surface area (Å²) in [6, 6.07) is 8.65. The minimum absolute atomic E-state index is 0.458. The van der Waals surface area contributed by atoms with Crippen molar-refractivity contribution >= 4 is 6.29 Å². The summed E-state index contributed by atoms with van der Waals surface area (Å²) < 4.78 is 0. The first-order valence-electron chi connectivity index (χ1n) is 6.31. The maximum atomic E-state index is 10.8. The molecule has 0 saturated heterocycles. The summed E-state index contributed by atoms with van der Waals surface area (Å²) in [4.78, 5) is 10.8. The molecule has 2 rings (SSSR count). The van der Waals surface area contributed by atoms with Gasteiger partial charge in [0.1, 0.15) is 6.29 Å². The molecule has 1 aliphatic rings. The van der Waals surface area contributed by atoms with Crippen LogP contribution in [0.4, 0.5) is 0 Å². The molecule has 0 aliphatic heterocycles. The van der Waals surface area contributed by atoms with E-state index < -0.39 is 0 Å². The van der Waals surface area contributed by atoms with Gasteiger partial charge >= 0.3 is 0 Å². The van der Waals surface area contributed by atoms with Crippen LogP contribution in [0.25, 0.3) is 0 Å². The van der Waals surface area contributed by atoms with Crippen LogP contribution in [0.3, 0.4) is 0 Å². The third-order valence-electron chi connectivity index (χ3n) is 3.79. The lowest BCUT2D eigenvalue weighted by molar-refractivity contribution is -0.108. The Labute approximate surface area is 97.9 Å². The first-order valence-corrected chi connectivity index (χ1v) is 6.31. The molecule has 0 heterocycles. The van der Waals surface area contributed by atoms with Gasteiger partial charge in [0.2, 0.25) is 0 Å². The summed E-state index contributed by atoms with van der Waals surface area (Å²) >= 11 is 0. The standard InChI is InChI=1S/C15H20O/c1-12-5-4-8-14(11-12)15(9-10-16)13-6-2-3-7-13/h4-5,8,10-11,13,15H,2-3,6-7,9H2,1H3. The van der Waals surface area contributed by atoms with Crippen LogP contribution >= 0.6 is 0 Å². The zero-order valence-electron chi connectivity index (χ0n) is 9.99. The molecule has 16 heavy (non-hydrogen) atoms. The second-order valence-electron chi connectivity index (χ2n) is 4.97. The average molecular weight is 216 g/mol. The molecule has 1 aliphatic carbocycles. The normalized spacial score (nSPS) is 18.6. The highest BCUT2D eigenvalue weighted by molar-refractivity contribution is 5.52. The van der Waals surface area contributed by atoms with Crippen LogP contribution in [-0.4, -0.2) is 6.29 Å². The van der Waals surface area contributed by atoms with E-state index >= 15 is 0 Å².